The first-order valence-electron chi connectivity index (χ1n) is 7.56. The predicted molar refractivity (Wildman–Crippen MR) is 84.4 cm³/mol. The van der Waals surface area contributed by atoms with Gasteiger partial charge in [0.25, 0.3) is 0 Å². The lowest BCUT2D eigenvalue weighted by atomic mass is 10.1. The zero-order valence-electron chi connectivity index (χ0n) is 13.4. The van der Waals surface area contributed by atoms with Gasteiger partial charge in [-0.05, 0) is 28.8 Å². The Hall–Kier alpha value is -1.57. The van der Waals surface area contributed by atoms with Crippen molar-refractivity contribution in [3.63, 3.8) is 0 Å². The highest BCUT2D eigenvalue weighted by Crippen LogP contribution is 2.30. The molecule has 8 heteroatoms. The van der Waals surface area contributed by atoms with Crippen LogP contribution >= 0.6 is 15.9 Å². The van der Waals surface area contributed by atoms with Gasteiger partial charge in [0.05, 0.1) is 17.7 Å². The fourth-order valence-electron chi connectivity index (χ4n) is 1.78. The van der Waals surface area contributed by atoms with E-state index >= 15 is 0 Å². The number of hydrogen-bond acceptors (Lipinski definition) is 4. The SMILES string of the molecule is CCCCOC(=O)c1c(F)c(F)c(Br)c(F)c1C(=O)OCCCC. The molecule has 1 rings (SSSR count). The molecule has 0 heterocycles. The summed E-state index contributed by atoms with van der Waals surface area (Å²) in [6.07, 6.45) is 2.41. The monoisotopic (exact) mass is 410 g/mol. The maximum Gasteiger partial charge on any atom is 0.342 e. The Morgan fingerprint density at radius 2 is 1.25 bits per heavy atom. The standard InChI is InChI=1S/C16H18BrF3O4/c1-3-5-7-23-15(21)9-10(16(22)24-8-6-4-2)13(19)14(20)11(17)12(9)18/h3-8H2,1-2H3. The van der Waals surface area contributed by atoms with E-state index in [-0.39, 0.29) is 13.2 Å². The second kappa shape index (κ2) is 9.66. The summed E-state index contributed by atoms with van der Waals surface area (Å²) in [5, 5.41) is 0. The maximum absolute atomic E-state index is 14.2. The zero-order chi connectivity index (χ0) is 18.3. The van der Waals surface area contributed by atoms with Crippen LogP contribution in [0.1, 0.15) is 60.2 Å². The molecule has 0 aliphatic carbocycles. The van der Waals surface area contributed by atoms with Crippen LogP contribution in [0.5, 0.6) is 0 Å². The third kappa shape index (κ3) is 4.72. The Labute approximate surface area is 146 Å². The van der Waals surface area contributed by atoms with Gasteiger partial charge in [-0.1, -0.05) is 26.7 Å². The lowest BCUT2D eigenvalue weighted by Gasteiger charge is -2.13. The van der Waals surface area contributed by atoms with Crippen molar-refractivity contribution in [3.05, 3.63) is 33.1 Å². The Morgan fingerprint density at radius 3 is 1.67 bits per heavy atom. The number of halogens is 4. The molecule has 1 aromatic carbocycles. The van der Waals surface area contributed by atoms with Crippen molar-refractivity contribution in [2.75, 3.05) is 13.2 Å². The number of hydrogen-bond donors (Lipinski definition) is 0. The van der Waals surface area contributed by atoms with E-state index < -0.39 is 45.0 Å². The second-order valence-corrected chi connectivity index (χ2v) is 5.78. The van der Waals surface area contributed by atoms with Crippen molar-refractivity contribution < 1.29 is 32.2 Å². The number of ether oxygens (including phenoxy) is 2. The molecule has 0 fully saturated rings. The smallest absolute Gasteiger partial charge is 0.342 e. The van der Waals surface area contributed by atoms with Crippen LogP contribution in [0.2, 0.25) is 0 Å². The molecule has 0 aromatic heterocycles. The number of esters is 2. The molecule has 1 aromatic rings. The average Bonchev–Trinajstić information content (AvgIpc) is 2.56. The topological polar surface area (TPSA) is 52.6 Å². The van der Waals surface area contributed by atoms with Crippen molar-refractivity contribution >= 4 is 27.9 Å². The Morgan fingerprint density at radius 1 is 0.833 bits per heavy atom. The van der Waals surface area contributed by atoms with Crippen LogP contribution in [0.25, 0.3) is 0 Å². The van der Waals surface area contributed by atoms with Gasteiger partial charge in [-0.2, -0.15) is 0 Å². The molecule has 0 spiro atoms. The van der Waals surface area contributed by atoms with Crippen LogP contribution < -0.4 is 0 Å². The number of carbonyl (C=O) groups excluding carboxylic acids is 2. The van der Waals surface area contributed by atoms with Crippen LogP contribution in [0, 0.1) is 17.5 Å². The first-order chi connectivity index (χ1) is 11.4. The highest BCUT2D eigenvalue weighted by atomic mass is 79.9. The molecule has 0 unspecified atom stereocenters. The predicted octanol–water partition coefficient (Wildman–Crippen LogP) is 4.78. The normalized spacial score (nSPS) is 10.6. The van der Waals surface area contributed by atoms with E-state index in [9.17, 15) is 22.8 Å². The van der Waals surface area contributed by atoms with Gasteiger partial charge in [0, 0.05) is 0 Å². The van der Waals surface area contributed by atoms with Gasteiger partial charge in [-0.25, -0.2) is 22.8 Å². The van der Waals surface area contributed by atoms with E-state index in [1.807, 2.05) is 13.8 Å². The van der Waals surface area contributed by atoms with Gasteiger partial charge in [0.15, 0.2) is 17.5 Å². The molecule has 0 N–H and O–H groups in total. The van der Waals surface area contributed by atoms with Gasteiger partial charge in [-0.3, -0.25) is 0 Å². The summed E-state index contributed by atoms with van der Waals surface area (Å²) in [6, 6.07) is 0. The molecule has 4 nitrogen and oxygen atoms in total. The van der Waals surface area contributed by atoms with Crippen molar-refractivity contribution in [2.45, 2.75) is 39.5 Å². The van der Waals surface area contributed by atoms with E-state index in [0.29, 0.717) is 25.7 Å². The molecule has 0 bridgehead atoms. The molecule has 0 saturated heterocycles. The number of unbranched alkanes of at least 4 members (excludes halogenated alkanes) is 2. The summed E-state index contributed by atoms with van der Waals surface area (Å²) >= 11 is 2.53. The van der Waals surface area contributed by atoms with Crippen molar-refractivity contribution in [1.82, 2.24) is 0 Å². The van der Waals surface area contributed by atoms with Gasteiger partial charge in [0.1, 0.15) is 11.1 Å². The van der Waals surface area contributed by atoms with Crippen LogP contribution in [0.15, 0.2) is 4.47 Å². The van der Waals surface area contributed by atoms with Crippen molar-refractivity contribution in [2.24, 2.45) is 0 Å². The van der Waals surface area contributed by atoms with Crippen LogP contribution in [0.3, 0.4) is 0 Å². The lowest BCUT2D eigenvalue weighted by molar-refractivity contribution is 0.0441. The summed E-state index contributed by atoms with van der Waals surface area (Å²) in [5.41, 5.74) is -2.07. The van der Waals surface area contributed by atoms with E-state index in [1.165, 1.54) is 0 Å². The van der Waals surface area contributed by atoms with Crippen molar-refractivity contribution in [1.29, 1.82) is 0 Å². The number of carbonyl (C=O) groups is 2. The number of rotatable bonds is 8. The Balaban J connectivity index is 3.28. The molecular formula is C16H18BrF3O4. The highest BCUT2D eigenvalue weighted by molar-refractivity contribution is 9.10. The summed E-state index contributed by atoms with van der Waals surface area (Å²) < 4.78 is 50.8. The molecular weight excluding hydrogens is 393 g/mol. The molecule has 0 saturated carbocycles. The number of benzene rings is 1. The first kappa shape index (κ1) is 20.5. The van der Waals surface area contributed by atoms with E-state index in [0.717, 1.165) is 0 Å². The Kier molecular flexibility index (Phi) is 8.24. The molecule has 0 radical (unpaired) electrons. The zero-order valence-corrected chi connectivity index (χ0v) is 15.0. The minimum absolute atomic E-state index is 0.0320. The first-order valence-corrected chi connectivity index (χ1v) is 8.36. The summed E-state index contributed by atoms with van der Waals surface area (Å²) in [7, 11) is 0. The highest BCUT2D eigenvalue weighted by Gasteiger charge is 2.33. The quantitative estimate of drug-likeness (QED) is 0.268. The van der Waals surface area contributed by atoms with E-state index in [4.69, 9.17) is 9.47 Å². The molecule has 0 atom stereocenters. The van der Waals surface area contributed by atoms with Gasteiger partial charge >= 0.3 is 11.9 Å². The van der Waals surface area contributed by atoms with Crippen LogP contribution in [-0.2, 0) is 9.47 Å². The van der Waals surface area contributed by atoms with Gasteiger partial charge in [-0.15, -0.1) is 0 Å². The molecule has 0 amide bonds. The van der Waals surface area contributed by atoms with E-state index in [2.05, 4.69) is 15.9 Å². The maximum atomic E-state index is 14.2. The second-order valence-electron chi connectivity index (χ2n) is 4.98. The summed E-state index contributed by atoms with van der Waals surface area (Å²) in [6.45, 7) is 3.59. The van der Waals surface area contributed by atoms with Gasteiger partial charge in [0.2, 0.25) is 0 Å². The van der Waals surface area contributed by atoms with E-state index in [1.54, 1.807) is 0 Å². The largest absolute Gasteiger partial charge is 0.462 e. The minimum Gasteiger partial charge on any atom is -0.462 e. The molecule has 24 heavy (non-hydrogen) atoms. The third-order valence-corrected chi connectivity index (χ3v) is 3.83. The third-order valence-electron chi connectivity index (χ3n) is 3.14. The molecule has 134 valence electrons. The molecule has 0 aliphatic rings. The molecule has 0 aliphatic heterocycles. The van der Waals surface area contributed by atoms with Crippen LogP contribution in [-0.4, -0.2) is 25.2 Å². The summed E-state index contributed by atoms with van der Waals surface area (Å²) in [4.78, 5) is 24.0. The summed E-state index contributed by atoms with van der Waals surface area (Å²) in [5.74, 6) is -7.23. The minimum atomic E-state index is -1.66. The average molecular weight is 411 g/mol. The fourth-order valence-corrected chi connectivity index (χ4v) is 2.15. The van der Waals surface area contributed by atoms with Gasteiger partial charge < -0.3 is 9.47 Å². The van der Waals surface area contributed by atoms with Crippen molar-refractivity contribution in [3.8, 4) is 0 Å². The van der Waals surface area contributed by atoms with Crippen LogP contribution in [0.4, 0.5) is 13.2 Å². The fraction of sp³-hybridized carbons (Fsp3) is 0.500. The lowest BCUT2D eigenvalue weighted by Crippen LogP contribution is -2.20. The Bertz CT molecular complexity index is 567.